The molecule has 1 unspecified atom stereocenters. The fourth-order valence-electron chi connectivity index (χ4n) is 3.74. The second-order valence-corrected chi connectivity index (χ2v) is 6.50. The lowest BCUT2D eigenvalue weighted by atomic mass is 9.78. The van der Waals surface area contributed by atoms with Gasteiger partial charge in [0, 0.05) is 26.2 Å². The third-order valence-electron chi connectivity index (χ3n) is 5.19. The van der Waals surface area contributed by atoms with Gasteiger partial charge in [0.25, 0.3) is 0 Å². The summed E-state index contributed by atoms with van der Waals surface area (Å²) >= 11 is 0. The van der Waals surface area contributed by atoms with Crippen LogP contribution in [0.15, 0.2) is 0 Å². The van der Waals surface area contributed by atoms with Crippen LogP contribution in [0, 0.1) is 5.41 Å². The second-order valence-electron chi connectivity index (χ2n) is 6.50. The van der Waals surface area contributed by atoms with Crippen molar-refractivity contribution in [1.29, 1.82) is 0 Å². The molecule has 1 amide bonds. The molecule has 4 nitrogen and oxygen atoms in total. The number of ether oxygens (including phenoxy) is 1. The summed E-state index contributed by atoms with van der Waals surface area (Å²) in [5.41, 5.74) is 0.498. The molecule has 0 aromatic heterocycles. The molecular formula is C15H26N2O2. The summed E-state index contributed by atoms with van der Waals surface area (Å²) in [6.07, 6.45) is 7.87. The first-order valence-corrected chi connectivity index (χ1v) is 7.88. The van der Waals surface area contributed by atoms with Gasteiger partial charge in [0.15, 0.2) is 0 Å². The predicted molar refractivity (Wildman–Crippen MR) is 73.9 cm³/mol. The van der Waals surface area contributed by atoms with Crippen LogP contribution >= 0.6 is 0 Å². The highest BCUT2D eigenvalue weighted by molar-refractivity contribution is 5.76. The van der Waals surface area contributed by atoms with Crippen molar-refractivity contribution in [3.05, 3.63) is 0 Å². The Bertz CT molecular complexity index is 310. The average Bonchev–Trinajstić information content (AvgIpc) is 2.89. The van der Waals surface area contributed by atoms with Gasteiger partial charge < -0.3 is 15.0 Å². The van der Waals surface area contributed by atoms with Gasteiger partial charge in [-0.1, -0.05) is 0 Å². The summed E-state index contributed by atoms with van der Waals surface area (Å²) < 4.78 is 5.68. The van der Waals surface area contributed by atoms with Crippen LogP contribution in [0.5, 0.6) is 0 Å². The van der Waals surface area contributed by atoms with E-state index in [4.69, 9.17) is 4.74 Å². The van der Waals surface area contributed by atoms with Crippen molar-refractivity contribution in [2.24, 2.45) is 5.41 Å². The number of rotatable bonds is 2. The zero-order valence-electron chi connectivity index (χ0n) is 11.8. The Hall–Kier alpha value is -0.610. The molecule has 108 valence electrons. The van der Waals surface area contributed by atoms with E-state index in [0.29, 0.717) is 17.7 Å². The Morgan fingerprint density at radius 3 is 2.74 bits per heavy atom. The quantitative estimate of drug-likeness (QED) is 0.824. The number of amides is 1. The van der Waals surface area contributed by atoms with Crippen molar-refractivity contribution in [1.82, 2.24) is 10.2 Å². The van der Waals surface area contributed by atoms with E-state index in [9.17, 15) is 4.79 Å². The third kappa shape index (κ3) is 3.11. The smallest absolute Gasteiger partial charge is 0.225 e. The van der Waals surface area contributed by atoms with E-state index in [1.807, 2.05) is 0 Å². The number of carbonyl (C=O) groups is 1. The first-order chi connectivity index (χ1) is 9.27. The Labute approximate surface area is 115 Å². The molecule has 3 saturated heterocycles. The van der Waals surface area contributed by atoms with Crippen LogP contribution in [0.25, 0.3) is 0 Å². The van der Waals surface area contributed by atoms with Crippen molar-refractivity contribution in [2.75, 3.05) is 32.8 Å². The first-order valence-electron chi connectivity index (χ1n) is 7.88. The normalized spacial score (nSPS) is 30.7. The highest BCUT2D eigenvalue weighted by Gasteiger charge is 2.38. The van der Waals surface area contributed by atoms with E-state index in [1.165, 1.54) is 25.7 Å². The maximum Gasteiger partial charge on any atom is 0.225 e. The number of hydrogen-bond donors (Lipinski definition) is 1. The van der Waals surface area contributed by atoms with Crippen LogP contribution in [0.1, 0.15) is 44.9 Å². The van der Waals surface area contributed by atoms with Gasteiger partial charge in [0.2, 0.25) is 5.91 Å². The maximum absolute atomic E-state index is 12.3. The van der Waals surface area contributed by atoms with E-state index in [0.717, 1.165) is 45.6 Å². The van der Waals surface area contributed by atoms with Crippen LogP contribution in [0.2, 0.25) is 0 Å². The predicted octanol–water partition coefficient (Wildman–Crippen LogP) is 1.55. The van der Waals surface area contributed by atoms with Crippen molar-refractivity contribution in [3.8, 4) is 0 Å². The monoisotopic (exact) mass is 266 g/mol. The minimum Gasteiger partial charge on any atom is -0.378 e. The second kappa shape index (κ2) is 5.80. The van der Waals surface area contributed by atoms with E-state index >= 15 is 0 Å². The molecule has 3 fully saturated rings. The summed E-state index contributed by atoms with van der Waals surface area (Å²) in [6, 6.07) is 0. The molecule has 4 heteroatoms. The van der Waals surface area contributed by atoms with Gasteiger partial charge in [-0.05, 0) is 50.5 Å². The van der Waals surface area contributed by atoms with Crippen LogP contribution in [-0.2, 0) is 9.53 Å². The van der Waals surface area contributed by atoms with Gasteiger partial charge in [0.1, 0.15) is 0 Å². The molecule has 0 aromatic carbocycles. The Kier molecular flexibility index (Phi) is 4.08. The zero-order chi connectivity index (χ0) is 13.1. The number of nitrogens with zero attached hydrogens (tertiary/aromatic N) is 1. The number of nitrogens with one attached hydrogen (secondary N) is 1. The van der Waals surface area contributed by atoms with Crippen molar-refractivity contribution in [3.63, 3.8) is 0 Å². The van der Waals surface area contributed by atoms with Gasteiger partial charge >= 0.3 is 0 Å². The molecule has 3 heterocycles. The standard InChI is InChI=1S/C15H26N2O2/c18-14(11-13-3-1-2-10-19-13)17-8-5-15(6-9-17)4-7-16-12-15/h13,16H,1-12H2. The van der Waals surface area contributed by atoms with Crippen molar-refractivity contribution < 1.29 is 9.53 Å². The van der Waals surface area contributed by atoms with Gasteiger partial charge in [-0.15, -0.1) is 0 Å². The highest BCUT2D eigenvalue weighted by Crippen LogP contribution is 2.37. The Morgan fingerprint density at radius 1 is 1.26 bits per heavy atom. The summed E-state index contributed by atoms with van der Waals surface area (Å²) in [4.78, 5) is 14.4. The van der Waals surface area contributed by atoms with E-state index in [2.05, 4.69) is 10.2 Å². The van der Waals surface area contributed by atoms with Crippen molar-refractivity contribution >= 4 is 5.91 Å². The minimum atomic E-state index is 0.185. The Morgan fingerprint density at radius 2 is 2.11 bits per heavy atom. The number of hydrogen-bond acceptors (Lipinski definition) is 3. The first kappa shape index (κ1) is 13.4. The van der Waals surface area contributed by atoms with Gasteiger partial charge in [-0.3, -0.25) is 4.79 Å². The van der Waals surface area contributed by atoms with E-state index in [1.54, 1.807) is 0 Å². The zero-order valence-corrected chi connectivity index (χ0v) is 11.8. The van der Waals surface area contributed by atoms with Crippen LogP contribution in [0.4, 0.5) is 0 Å². The Balaban J connectivity index is 1.46. The molecule has 19 heavy (non-hydrogen) atoms. The van der Waals surface area contributed by atoms with Gasteiger partial charge in [-0.2, -0.15) is 0 Å². The fraction of sp³-hybridized carbons (Fsp3) is 0.933. The summed E-state index contributed by atoms with van der Waals surface area (Å²) in [6.45, 7) is 5.05. The minimum absolute atomic E-state index is 0.185. The molecule has 3 rings (SSSR count). The van der Waals surface area contributed by atoms with Crippen LogP contribution < -0.4 is 5.32 Å². The largest absolute Gasteiger partial charge is 0.378 e. The number of carbonyl (C=O) groups excluding carboxylic acids is 1. The molecule has 1 spiro atoms. The molecule has 3 aliphatic rings. The summed E-state index contributed by atoms with van der Waals surface area (Å²) in [5, 5.41) is 3.47. The van der Waals surface area contributed by atoms with Crippen molar-refractivity contribution in [2.45, 2.75) is 51.0 Å². The van der Waals surface area contributed by atoms with Crippen LogP contribution in [-0.4, -0.2) is 49.7 Å². The van der Waals surface area contributed by atoms with E-state index < -0.39 is 0 Å². The lowest BCUT2D eigenvalue weighted by molar-refractivity contribution is -0.137. The molecule has 1 N–H and O–H groups in total. The lowest BCUT2D eigenvalue weighted by Gasteiger charge is -2.39. The fourth-order valence-corrected chi connectivity index (χ4v) is 3.74. The van der Waals surface area contributed by atoms with Gasteiger partial charge in [-0.25, -0.2) is 0 Å². The van der Waals surface area contributed by atoms with Gasteiger partial charge in [0.05, 0.1) is 12.5 Å². The molecule has 0 bridgehead atoms. The molecule has 0 radical (unpaired) electrons. The topological polar surface area (TPSA) is 41.6 Å². The molecule has 3 aliphatic heterocycles. The molecule has 0 aliphatic carbocycles. The number of likely N-dealkylation sites (tertiary alicyclic amines) is 1. The molecule has 0 aromatic rings. The molecular weight excluding hydrogens is 240 g/mol. The third-order valence-corrected chi connectivity index (χ3v) is 5.19. The van der Waals surface area contributed by atoms with E-state index in [-0.39, 0.29) is 6.10 Å². The van der Waals surface area contributed by atoms with Crippen LogP contribution in [0.3, 0.4) is 0 Å². The maximum atomic E-state index is 12.3. The SMILES string of the molecule is O=C(CC1CCCCO1)N1CCC2(CCNC2)CC1. The average molecular weight is 266 g/mol. The summed E-state index contributed by atoms with van der Waals surface area (Å²) in [5.74, 6) is 0.313. The highest BCUT2D eigenvalue weighted by atomic mass is 16.5. The molecule has 1 atom stereocenters. The summed E-state index contributed by atoms with van der Waals surface area (Å²) in [7, 11) is 0. The lowest BCUT2D eigenvalue weighted by Crippen LogP contribution is -2.45. The molecule has 0 saturated carbocycles. The number of piperidine rings is 1.